The third kappa shape index (κ3) is 1.61. The fraction of sp³-hybridized carbons (Fsp3) is 0.182. The van der Waals surface area contributed by atoms with Crippen molar-refractivity contribution in [1.29, 1.82) is 0 Å². The number of hydrogen-bond donors (Lipinski definition) is 1. The Labute approximate surface area is 78.0 Å². The molecular weight excluding hydrogens is 160 g/mol. The van der Waals surface area contributed by atoms with Crippen LogP contribution in [0.3, 0.4) is 0 Å². The quantitative estimate of drug-likeness (QED) is 0.638. The van der Waals surface area contributed by atoms with Crippen LogP contribution in [0.1, 0.15) is 12.5 Å². The van der Waals surface area contributed by atoms with Crippen LogP contribution in [0.4, 0.5) is 5.69 Å². The van der Waals surface area contributed by atoms with E-state index >= 15 is 0 Å². The second-order valence-corrected chi connectivity index (χ2v) is 2.98. The third-order valence-electron chi connectivity index (χ3n) is 2.13. The van der Waals surface area contributed by atoms with E-state index < -0.39 is 0 Å². The Kier molecular flexibility index (Phi) is 2.13. The summed E-state index contributed by atoms with van der Waals surface area (Å²) in [5, 5.41) is 3.30. The van der Waals surface area contributed by atoms with Gasteiger partial charge >= 0.3 is 0 Å². The van der Waals surface area contributed by atoms with Crippen LogP contribution in [0.25, 0.3) is 0 Å². The molecule has 1 N–H and O–H groups in total. The predicted octanol–water partition coefficient (Wildman–Crippen LogP) is 2.40. The van der Waals surface area contributed by atoms with E-state index in [-0.39, 0.29) is 0 Å². The average Bonchev–Trinajstić information content (AvgIpc) is 2.39. The first-order chi connectivity index (χ1) is 6.40. The molecule has 2 nitrogen and oxygen atoms in total. The Bertz CT molecular complexity index is 364. The van der Waals surface area contributed by atoms with Gasteiger partial charge in [0.1, 0.15) is 0 Å². The number of nitrogens with zero attached hydrogens (tertiary/aromatic N) is 1. The second kappa shape index (κ2) is 3.44. The predicted molar refractivity (Wildman–Crippen MR) is 55.2 cm³/mol. The van der Waals surface area contributed by atoms with Crippen molar-refractivity contribution in [2.24, 2.45) is 4.99 Å². The molecule has 0 fully saturated rings. The molecule has 0 spiro atoms. The van der Waals surface area contributed by atoms with Crippen LogP contribution < -0.4 is 5.32 Å². The highest BCUT2D eigenvalue weighted by molar-refractivity contribution is 5.81. The standard InChI is InChI=1S/C11H12N2/c1-2-10-8-13-11-6-4-3-5-9(11)7-12-10/h2-6,8,12H,7H2,1H3/b10-2+. The van der Waals surface area contributed by atoms with Crippen LogP contribution >= 0.6 is 0 Å². The largest absolute Gasteiger partial charge is 0.380 e. The molecule has 1 aromatic carbocycles. The van der Waals surface area contributed by atoms with Crippen molar-refractivity contribution in [3.63, 3.8) is 0 Å². The summed E-state index contributed by atoms with van der Waals surface area (Å²) in [6, 6.07) is 8.18. The van der Waals surface area contributed by atoms with E-state index in [1.54, 1.807) is 0 Å². The van der Waals surface area contributed by atoms with Gasteiger partial charge < -0.3 is 5.32 Å². The summed E-state index contributed by atoms with van der Waals surface area (Å²) in [6.45, 7) is 2.86. The van der Waals surface area contributed by atoms with Crippen molar-refractivity contribution in [2.45, 2.75) is 13.5 Å². The van der Waals surface area contributed by atoms with E-state index in [1.165, 1.54) is 5.56 Å². The van der Waals surface area contributed by atoms with Crippen LogP contribution in [0.15, 0.2) is 41.0 Å². The first-order valence-corrected chi connectivity index (χ1v) is 4.42. The van der Waals surface area contributed by atoms with Crippen LogP contribution in [-0.4, -0.2) is 6.21 Å². The molecule has 0 saturated heterocycles. The van der Waals surface area contributed by atoms with Gasteiger partial charge in [0.2, 0.25) is 0 Å². The van der Waals surface area contributed by atoms with E-state index in [4.69, 9.17) is 0 Å². The number of benzene rings is 1. The minimum absolute atomic E-state index is 0.857. The first kappa shape index (κ1) is 8.05. The molecule has 0 saturated carbocycles. The van der Waals surface area contributed by atoms with Gasteiger partial charge in [-0.1, -0.05) is 24.3 Å². The van der Waals surface area contributed by atoms with Crippen LogP contribution in [-0.2, 0) is 6.54 Å². The lowest BCUT2D eigenvalue weighted by Gasteiger charge is -2.03. The van der Waals surface area contributed by atoms with Gasteiger partial charge in [-0.15, -0.1) is 0 Å². The summed E-state index contributed by atoms with van der Waals surface area (Å²) in [5.41, 5.74) is 3.39. The molecule has 0 atom stereocenters. The van der Waals surface area contributed by atoms with E-state index in [0.717, 1.165) is 17.9 Å². The summed E-state index contributed by atoms with van der Waals surface area (Å²) >= 11 is 0. The lowest BCUT2D eigenvalue weighted by molar-refractivity contribution is 0.853. The topological polar surface area (TPSA) is 24.4 Å². The smallest absolute Gasteiger partial charge is 0.0680 e. The molecule has 0 radical (unpaired) electrons. The maximum atomic E-state index is 4.38. The number of allylic oxidation sites excluding steroid dienone is 2. The normalized spacial score (nSPS) is 17.8. The Balaban J connectivity index is 2.39. The van der Waals surface area contributed by atoms with Crippen LogP contribution in [0, 0.1) is 0 Å². The zero-order valence-corrected chi connectivity index (χ0v) is 7.62. The summed E-state index contributed by atoms with van der Waals surface area (Å²) in [4.78, 5) is 4.38. The Morgan fingerprint density at radius 1 is 1.38 bits per heavy atom. The highest BCUT2D eigenvalue weighted by Crippen LogP contribution is 2.20. The molecule has 2 rings (SSSR count). The van der Waals surface area contributed by atoms with Gasteiger partial charge in [-0.05, 0) is 18.6 Å². The molecular formula is C11H12N2. The summed E-state index contributed by atoms with van der Waals surface area (Å²) in [6.07, 6.45) is 3.89. The number of aliphatic imine (C=N–C) groups is 1. The first-order valence-electron chi connectivity index (χ1n) is 4.42. The molecule has 13 heavy (non-hydrogen) atoms. The molecule has 1 aromatic rings. The van der Waals surface area contributed by atoms with Gasteiger partial charge in [0.05, 0.1) is 11.9 Å². The molecule has 0 unspecified atom stereocenters. The highest BCUT2D eigenvalue weighted by atomic mass is 14.9. The van der Waals surface area contributed by atoms with E-state index in [9.17, 15) is 0 Å². The number of fused-ring (bicyclic) bond motifs is 1. The summed E-state index contributed by atoms with van der Waals surface area (Å²) in [5.74, 6) is 0. The van der Waals surface area contributed by atoms with Crippen molar-refractivity contribution >= 4 is 11.9 Å². The number of nitrogens with one attached hydrogen (secondary N) is 1. The highest BCUT2D eigenvalue weighted by Gasteiger charge is 2.03. The van der Waals surface area contributed by atoms with Gasteiger partial charge in [-0.2, -0.15) is 0 Å². The minimum Gasteiger partial charge on any atom is -0.380 e. The van der Waals surface area contributed by atoms with E-state index in [1.807, 2.05) is 37.4 Å². The maximum Gasteiger partial charge on any atom is 0.0680 e. The molecule has 1 aliphatic rings. The van der Waals surface area contributed by atoms with Gasteiger partial charge in [0.15, 0.2) is 0 Å². The van der Waals surface area contributed by atoms with Gasteiger partial charge in [-0.25, -0.2) is 0 Å². The maximum absolute atomic E-state index is 4.38. The molecule has 1 aliphatic heterocycles. The molecule has 66 valence electrons. The average molecular weight is 172 g/mol. The summed E-state index contributed by atoms with van der Waals surface area (Å²) < 4.78 is 0. The molecule has 0 amide bonds. The van der Waals surface area contributed by atoms with Crippen molar-refractivity contribution < 1.29 is 0 Å². The Morgan fingerprint density at radius 3 is 3.08 bits per heavy atom. The van der Waals surface area contributed by atoms with Crippen LogP contribution in [0.2, 0.25) is 0 Å². The van der Waals surface area contributed by atoms with E-state index in [0.29, 0.717) is 0 Å². The minimum atomic E-state index is 0.857. The number of hydrogen-bond acceptors (Lipinski definition) is 2. The fourth-order valence-corrected chi connectivity index (χ4v) is 1.34. The lowest BCUT2D eigenvalue weighted by Crippen LogP contribution is -2.11. The number of para-hydroxylation sites is 1. The zero-order valence-electron chi connectivity index (χ0n) is 7.62. The lowest BCUT2D eigenvalue weighted by atomic mass is 10.2. The SMILES string of the molecule is C/C=C1\C=Nc2ccccc2CN1. The second-order valence-electron chi connectivity index (χ2n) is 2.98. The Morgan fingerprint density at radius 2 is 2.23 bits per heavy atom. The fourth-order valence-electron chi connectivity index (χ4n) is 1.34. The van der Waals surface area contributed by atoms with Crippen molar-refractivity contribution in [2.75, 3.05) is 0 Å². The molecule has 0 aromatic heterocycles. The Hall–Kier alpha value is -1.57. The van der Waals surface area contributed by atoms with Crippen molar-refractivity contribution in [1.82, 2.24) is 5.32 Å². The van der Waals surface area contributed by atoms with Crippen LogP contribution in [0.5, 0.6) is 0 Å². The third-order valence-corrected chi connectivity index (χ3v) is 2.13. The molecule has 2 heteroatoms. The van der Waals surface area contributed by atoms with Gasteiger partial charge in [0.25, 0.3) is 0 Å². The monoisotopic (exact) mass is 172 g/mol. The molecule has 0 aliphatic carbocycles. The molecule has 1 heterocycles. The zero-order chi connectivity index (χ0) is 9.10. The van der Waals surface area contributed by atoms with Crippen molar-refractivity contribution in [3.05, 3.63) is 41.6 Å². The van der Waals surface area contributed by atoms with E-state index in [2.05, 4.69) is 16.4 Å². The summed E-state index contributed by atoms with van der Waals surface area (Å²) in [7, 11) is 0. The molecule has 0 bridgehead atoms. The van der Waals surface area contributed by atoms with Gasteiger partial charge in [0, 0.05) is 12.2 Å². The number of rotatable bonds is 0. The van der Waals surface area contributed by atoms with Crippen molar-refractivity contribution in [3.8, 4) is 0 Å². The van der Waals surface area contributed by atoms with Gasteiger partial charge in [-0.3, -0.25) is 4.99 Å².